The Labute approximate surface area is 105 Å². The number of likely N-dealkylation sites (tertiary alicyclic amines) is 1. The first-order valence-corrected chi connectivity index (χ1v) is 6.82. The molecule has 0 radical (unpaired) electrons. The summed E-state index contributed by atoms with van der Waals surface area (Å²) in [6.45, 7) is 6.00. The Morgan fingerprint density at radius 2 is 2.35 bits per heavy atom. The number of piperidine rings is 1. The average molecular weight is 241 g/mol. The molecule has 0 amide bonds. The van der Waals surface area contributed by atoms with Gasteiger partial charge in [0, 0.05) is 37.7 Å². The van der Waals surface area contributed by atoms with Crippen LogP contribution in [0.15, 0.2) is 0 Å². The first kappa shape index (κ1) is 13.3. The summed E-state index contributed by atoms with van der Waals surface area (Å²) in [5, 5.41) is 0. The maximum atomic E-state index is 5.96. The van der Waals surface area contributed by atoms with E-state index in [1.165, 1.54) is 25.9 Å². The first-order chi connectivity index (χ1) is 8.15. The normalized spacial score (nSPS) is 35.6. The molecule has 2 aliphatic rings. The van der Waals surface area contributed by atoms with E-state index in [1.54, 1.807) is 0 Å². The molecule has 2 fully saturated rings. The van der Waals surface area contributed by atoms with E-state index in [9.17, 15) is 0 Å². The molecule has 2 heterocycles. The average Bonchev–Trinajstić information content (AvgIpc) is 2.78. The number of likely N-dealkylation sites (N-methyl/N-ethyl adjacent to an activating group) is 2. The van der Waals surface area contributed by atoms with Crippen LogP contribution in [0.25, 0.3) is 0 Å². The van der Waals surface area contributed by atoms with Crippen molar-refractivity contribution in [1.29, 1.82) is 0 Å². The van der Waals surface area contributed by atoms with Crippen molar-refractivity contribution in [2.45, 2.75) is 25.3 Å². The standard InChI is InChI=1S/C13H27N3O/c1-15-6-3-4-12(8-15)16(2)10-13(9-14)5-7-17-11-13/h12H,3-11,14H2,1-2H3. The van der Waals surface area contributed by atoms with Crippen LogP contribution in [0, 0.1) is 5.41 Å². The third-order valence-corrected chi connectivity index (χ3v) is 4.43. The fourth-order valence-corrected chi connectivity index (χ4v) is 3.16. The molecule has 4 nitrogen and oxygen atoms in total. The van der Waals surface area contributed by atoms with Gasteiger partial charge in [-0.2, -0.15) is 0 Å². The van der Waals surface area contributed by atoms with Gasteiger partial charge in [-0.15, -0.1) is 0 Å². The second-order valence-corrected chi connectivity index (χ2v) is 5.98. The van der Waals surface area contributed by atoms with Crippen LogP contribution in [-0.4, -0.2) is 69.3 Å². The zero-order valence-electron chi connectivity index (χ0n) is 11.3. The van der Waals surface area contributed by atoms with E-state index in [-0.39, 0.29) is 5.41 Å². The van der Waals surface area contributed by atoms with Gasteiger partial charge in [-0.25, -0.2) is 0 Å². The quantitative estimate of drug-likeness (QED) is 0.772. The van der Waals surface area contributed by atoms with Crippen LogP contribution >= 0.6 is 0 Å². The third kappa shape index (κ3) is 3.19. The minimum atomic E-state index is 0.213. The highest BCUT2D eigenvalue weighted by atomic mass is 16.5. The number of rotatable bonds is 4. The molecule has 100 valence electrons. The summed E-state index contributed by atoms with van der Waals surface area (Å²) in [6, 6.07) is 0.692. The van der Waals surface area contributed by atoms with Gasteiger partial charge in [-0.3, -0.25) is 0 Å². The lowest BCUT2D eigenvalue weighted by Gasteiger charge is -2.40. The number of nitrogens with two attached hydrogens (primary N) is 1. The Balaban J connectivity index is 1.88. The van der Waals surface area contributed by atoms with Crippen molar-refractivity contribution in [2.24, 2.45) is 11.1 Å². The molecule has 2 unspecified atom stereocenters. The minimum Gasteiger partial charge on any atom is -0.381 e. The van der Waals surface area contributed by atoms with Crippen molar-refractivity contribution in [3.05, 3.63) is 0 Å². The van der Waals surface area contributed by atoms with Gasteiger partial charge in [-0.05, 0) is 39.9 Å². The van der Waals surface area contributed by atoms with E-state index in [1.807, 2.05) is 0 Å². The summed E-state index contributed by atoms with van der Waals surface area (Å²) >= 11 is 0. The van der Waals surface area contributed by atoms with Crippen molar-refractivity contribution < 1.29 is 4.74 Å². The molecular weight excluding hydrogens is 214 g/mol. The van der Waals surface area contributed by atoms with Crippen LogP contribution < -0.4 is 5.73 Å². The maximum Gasteiger partial charge on any atom is 0.0547 e. The molecule has 2 saturated heterocycles. The van der Waals surface area contributed by atoms with E-state index in [0.717, 1.165) is 32.7 Å². The predicted octanol–water partition coefficient (Wildman–Crippen LogP) is 0.378. The summed E-state index contributed by atoms with van der Waals surface area (Å²) in [5.74, 6) is 0. The van der Waals surface area contributed by atoms with Crippen LogP contribution in [0.4, 0.5) is 0 Å². The van der Waals surface area contributed by atoms with Crippen LogP contribution in [0.5, 0.6) is 0 Å². The highest BCUT2D eigenvalue weighted by Gasteiger charge is 2.36. The minimum absolute atomic E-state index is 0.213. The fraction of sp³-hybridized carbons (Fsp3) is 1.00. The zero-order valence-corrected chi connectivity index (χ0v) is 11.3. The molecule has 0 saturated carbocycles. The molecule has 2 N–H and O–H groups in total. The molecule has 4 heteroatoms. The number of hydrogen-bond acceptors (Lipinski definition) is 4. The monoisotopic (exact) mass is 241 g/mol. The van der Waals surface area contributed by atoms with Crippen LogP contribution in [-0.2, 0) is 4.74 Å². The lowest BCUT2D eigenvalue weighted by molar-refractivity contribution is 0.0770. The summed E-state index contributed by atoms with van der Waals surface area (Å²) < 4.78 is 5.54. The van der Waals surface area contributed by atoms with Crippen molar-refractivity contribution >= 4 is 0 Å². The Morgan fingerprint density at radius 3 is 2.94 bits per heavy atom. The van der Waals surface area contributed by atoms with Crippen LogP contribution in [0.2, 0.25) is 0 Å². The maximum absolute atomic E-state index is 5.96. The van der Waals surface area contributed by atoms with Gasteiger partial charge in [0.1, 0.15) is 0 Å². The van der Waals surface area contributed by atoms with Gasteiger partial charge in [0.2, 0.25) is 0 Å². The number of ether oxygens (including phenoxy) is 1. The van der Waals surface area contributed by atoms with Gasteiger partial charge in [0.15, 0.2) is 0 Å². The smallest absolute Gasteiger partial charge is 0.0547 e. The summed E-state index contributed by atoms with van der Waals surface area (Å²) in [5.41, 5.74) is 6.17. The first-order valence-electron chi connectivity index (χ1n) is 6.82. The van der Waals surface area contributed by atoms with Crippen molar-refractivity contribution in [3.8, 4) is 0 Å². The number of nitrogens with zero attached hydrogens (tertiary/aromatic N) is 2. The van der Waals surface area contributed by atoms with Gasteiger partial charge >= 0.3 is 0 Å². The SMILES string of the molecule is CN1CCCC(N(C)CC2(CN)CCOC2)C1. The zero-order chi connectivity index (χ0) is 12.3. The van der Waals surface area contributed by atoms with Gasteiger partial charge < -0.3 is 20.3 Å². The summed E-state index contributed by atoms with van der Waals surface area (Å²) in [6.07, 6.45) is 3.76. The molecule has 0 bridgehead atoms. The highest BCUT2D eigenvalue weighted by Crippen LogP contribution is 2.29. The molecule has 0 aliphatic carbocycles. The van der Waals surface area contributed by atoms with E-state index < -0.39 is 0 Å². The molecule has 2 aliphatic heterocycles. The van der Waals surface area contributed by atoms with Crippen molar-refractivity contribution in [1.82, 2.24) is 9.80 Å². The summed E-state index contributed by atoms with van der Waals surface area (Å²) in [7, 11) is 4.47. The van der Waals surface area contributed by atoms with Crippen LogP contribution in [0.1, 0.15) is 19.3 Å². The second kappa shape index (κ2) is 5.65. The number of hydrogen-bond donors (Lipinski definition) is 1. The summed E-state index contributed by atoms with van der Waals surface area (Å²) in [4.78, 5) is 4.95. The van der Waals surface area contributed by atoms with Gasteiger partial charge in [-0.1, -0.05) is 0 Å². The largest absolute Gasteiger partial charge is 0.381 e. The topological polar surface area (TPSA) is 41.7 Å². The lowest BCUT2D eigenvalue weighted by atomic mass is 9.86. The molecule has 2 atom stereocenters. The van der Waals surface area contributed by atoms with E-state index in [2.05, 4.69) is 23.9 Å². The van der Waals surface area contributed by atoms with E-state index in [0.29, 0.717) is 6.04 Å². The van der Waals surface area contributed by atoms with E-state index in [4.69, 9.17) is 10.5 Å². The predicted molar refractivity (Wildman–Crippen MR) is 70.1 cm³/mol. The molecule has 0 spiro atoms. The van der Waals surface area contributed by atoms with Crippen molar-refractivity contribution in [3.63, 3.8) is 0 Å². The Morgan fingerprint density at radius 1 is 1.53 bits per heavy atom. The second-order valence-electron chi connectivity index (χ2n) is 5.98. The molecule has 0 aromatic heterocycles. The van der Waals surface area contributed by atoms with E-state index >= 15 is 0 Å². The molecule has 2 rings (SSSR count). The Bertz CT molecular complexity index is 241. The van der Waals surface area contributed by atoms with Gasteiger partial charge in [0.25, 0.3) is 0 Å². The third-order valence-electron chi connectivity index (χ3n) is 4.43. The lowest BCUT2D eigenvalue weighted by Crippen LogP contribution is -2.50. The van der Waals surface area contributed by atoms with Crippen LogP contribution in [0.3, 0.4) is 0 Å². The van der Waals surface area contributed by atoms with Crippen molar-refractivity contribution in [2.75, 3.05) is 53.5 Å². The molecular formula is C13H27N3O. The molecule has 17 heavy (non-hydrogen) atoms. The molecule has 0 aromatic rings. The van der Waals surface area contributed by atoms with Gasteiger partial charge in [0.05, 0.1) is 6.61 Å². The molecule has 0 aromatic carbocycles. The Hall–Kier alpha value is -0.160. The fourth-order valence-electron chi connectivity index (χ4n) is 3.16. The highest BCUT2D eigenvalue weighted by molar-refractivity contribution is 4.89. The Kier molecular flexibility index (Phi) is 4.42.